The smallest absolute Gasteiger partial charge is 0.337 e. The topological polar surface area (TPSA) is 137 Å². The van der Waals surface area contributed by atoms with E-state index in [4.69, 9.17) is 5.73 Å². The molecule has 3 aromatic rings. The number of carboxylic acids is 1. The number of rotatable bonds is 6. The molecule has 1 aromatic heterocycles. The Kier molecular flexibility index (Phi) is 5.82. The summed E-state index contributed by atoms with van der Waals surface area (Å²) < 4.78 is 13.8. The lowest BCUT2D eigenvalue weighted by atomic mass is 9.97. The fraction of sp³-hybridized carbons (Fsp3) is 0.0952. The Morgan fingerprint density at radius 1 is 1.10 bits per heavy atom. The second-order valence-electron chi connectivity index (χ2n) is 6.41. The molecule has 0 unspecified atom stereocenters. The summed E-state index contributed by atoms with van der Waals surface area (Å²) in [6.45, 7) is 1.91. The first-order chi connectivity index (χ1) is 14.3. The highest BCUT2D eigenvalue weighted by molar-refractivity contribution is 6.10. The third kappa shape index (κ3) is 4.14. The van der Waals surface area contributed by atoms with E-state index in [2.05, 4.69) is 15.6 Å². The molecule has 0 aliphatic carbocycles. The first-order valence-electron chi connectivity index (χ1n) is 9.02. The van der Waals surface area contributed by atoms with Gasteiger partial charge in [-0.1, -0.05) is 31.2 Å². The van der Waals surface area contributed by atoms with Gasteiger partial charge in [-0.15, -0.1) is 0 Å². The molecular formula is C21H19FN4O4. The van der Waals surface area contributed by atoms with Gasteiger partial charge in [-0.2, -0.15) is 0 Å². The zero-order valence-corrected chi connectivity index (χ0v) is 16.0. The number of hydrogen-bond donors (Lipinski definition) is 5. The predicted molar refractivity (Wildman–Crippen MR) is 110 cm³/mol. The largest absolute Gasteiger partial charge is 0.478 e. The van der Waals surface area contributed by atoms with Gasteiger partial charge in [0.05, 0.1) is 16.9 Å². The molecule has 0 radical (unpaired) electrons. The highest BCUT2D eigenvalue weighted by atomic mass is 19.1. The van der Waals surface area contributed by atoms with Gasteiger partial charge >= 0.3 is 12.0 Å². The van der Waals surface area contributed by atoms with Crippen LogP contribution in [0.5, 0.6) is 0 Å². The zero-order chi connectivity index (χ0) is 21.8. The van der Waals surface area contributed by atoms with Crippen LogP contribution >= 0.6 is 0 Å². The van der Waals surface area contributed by atoms with Crippen molar-refractivity contribution in [1.82, 2.24) is 4.98 Å². The number of aromatic carboxylic acids is 1. The summed E-state index contributed by atoms with van der Waals surface area (Å²) in [6.07, 6.45) is 1.81. The van der Waals surface area contributed by atoms with Crippen LogP contribution in [0.15, 0.2) is 48.7 Å². The van der Waals surface area contributed by atoms with E-state index < -0.39 is 23.7 Å². The van der Waals surface area contributed by atoms with Crippen LogP contribution in [-0.4, -0.2) is 28.0 Å². The first-order valence-corrected chi connectivity index (χ1v) is 9.02. The number of aromatic amines is 1. The number of primary amides is 1. The Labute approximate surface area is 170 Å². The van der Waals surface area contributed by atoms with E-state index in [9.17, 15) is 23.9 Å². The number of para-hydroxylation sites is 1. The summed E-state index contributed by atoms with van der Waals surface area (Å²) in [5.41, 5.74) is 6.52. The van der Waals surface area contributed by atoms with Crippen LogP contribution in [0.3, 0.4) is 0 Å². The van der Waals surface area contributed by atoms with Crippen molar-refractivity contribution >= 4 is 29.3 Å². The van der Waals surface area contributed by atoms with Crippen LogP contribution in [-0.2, 0) is 6.42 Å². The molecule has 9 heteroatoms. The number of anilines is 2. The standard InChI is InChI=1S/C21H19FN4O4/c1-2-11-7-8-12(17-13(20(28)29)10-24-18(17)19(23)27)16(9-11)26-21(30)25-15-6-4-3-5-14(15)22/h3-10,24H,2H2,1H3,(H2,23,27)(H,28,29)(H2,25,26,30). The van der Waals surface area contributed by atoms with E-state index in [0.29, 0.717) is 6.42 Å². The summed E-state index contributed by atoms with van der Waals surface area (Å²) in [7, 11) is 0. The first kappa shape index (κ1) is 20.6. The quantitative estimate of drug-likeness (QED) is 0.422. The van der Waals surface area contributed by atoms with Crippen LogP contribution in [0.2, 0.25) is 0 Å². The summed E-state index contributed by atoms with van der Waals surface area (Å²) >= 11 is 0. The molecule has 0 atom stereocenters. The molecular weight excluding hydrogens is 391 g/mol. The normalized spacial score (nSPS) is 10.5. The lowest BCUT2D eigenvalue weighted by Crippen LogP contribution is -2.21. The summed E-state index contributed by atoms with van der Waals surface area (Å²) in [5.74, 6) is -2.72. The Morgan fingerprint density at radius 2 is 1.80 bits per heavy atom. The number of amides is 3. The number of carbonyl (C=O) groups excluding carboxylic acids is 2. The number of hydrogen-bond acceptors (Lipinski definition) is 3. The average molecular weight is 410 g/mol. The maximum Gasteiger partial charge on any atom is 0.337 e. The fourth-order valence-electron chi connectivity index (χ4n) is 3.04. The second-order valence-corrected chi connectivity index (χ2v) is 6.41. The van der Waals surface area contributed by atoms with Gasteiger partial charge < -0.3 is 26.5 Å². The van der Waals surface area contributed by atoms with Gasteiger partial charge in [0.1, 0.15) is 11.5 Å². The molecule has 0 aliphatic rings. The minimum atomic E-state index is -1.27. The van der Waals surface area contributed by atoms with E-state index >= 15 is 0 Å². The molecule has 0 aliphatic heterocycles. The number of nitrogens with one attached hydrogen (secondary N) is 3. The van der Waals surface area contributed by atoms with Crippen molar-refractivity contribution in [3.05, 3.63) is 71.3 Å². The molecule has 30 heavy (non-hydrogen) atoms. The monoisotopic (exact) mass is 410 g/mol. The molecule has 3 amide bonds. The third-order valence-electron chi connectivity index (χ3n) is 4.49. The van der Waals surface area contributed by atoms with Crippen LogP contribution < -0.4 is 16.4 Å². The zero-order valence-electron chi connectivity index (χ0n) is 16.0. The number of carbonyl (C=O) groups is 3. The number of urea groups is 1. The summed E-state index contributed by atoms with van der Waals surface area (Å²) in [4.78, 5) is 38.5. The molecule has 0 fully saturated rings. The Hall–Kier alpha value is -4.14. The van der Waals surface area contributed by atoms with Crippen LogP contribution in [0.4, 0.5) is 20.6 Å². The minimum absolute atomic E-state index is 0.0195. The number of halogens is 1. The van der Waals surface area contributed by atoms with E-state index in [0.717, 1.165) is 11.8 Å². The number of aryl methyl sites for hydroxylation is 1. The van der Waals surface area contributed by atoms with Gasteiger partial charge in [-0.25, -0.2) is 14.0 Å². The molecule has 154 valence electrons. The van der Waals surface area contributed by atoms with Crippen LogP contribution in [0, 0.1) is 5.82 Å². The highest BCUT2D eigenvalue weighted by Crippen LogP contribution is 2.35. The predicted octanol–water partition coefficient (Wildman–Crippen LogP) is 3.82. The molecule has 0 bridgehead atoms. The van der Waals surface area contributed by atoms with Gasteiger partial charge in [0.2, 0.25) is 0 Å². The van der Waals surface area contributed by atoms with Crippen LogP contribution in [0.25, 0.3) is 11.1 Å². The SMILES string of the molecule is CCc1ccc(-c2c(C(=O)O)c[nH]c2C(N)=O)c(NC(=O)Nc2ccccc2F)c1. The number of aromatic nitrogens is 1. The molecule has 1 heterocycles. The van der Waals surface area contributed by atoms with Gasteiger partial charge in [-0.3, -0.25) is 4.79 Å². The van der Waals surface area contributed by atoms with E-state index in [-0.39, 0.29) is 33.8 Å². The van der Waals surface area contributed by atoms with E-state index in [1.165, 1.54) is 18.2 Å². The molecule has 3 rings (SSSR count). The number of nitrogens with two attached hydrogens (primary N) is 1. The van der Waals surface area contributed by atoms with Gasteiger partial charge in [0.15, 0.2) is 0 Å². The van der Waals surface area contributed by atoms with Crippen molar-refractivity contribution < 1.29 is 23.9 Å². The molecule has 2 aromatic carbocycles. The van der Waals surface area contributed by atoms with Gasteiger partial charge in [0.25, 0.3) is 5.91 Å². The van der Waals surface area contributed by atoms with Crippen molar-refractivity contribution in [2.75, 3.05) is 10.6 Å². The lowest BCUT2D eigenvalue weighted by Gasteiger charge is -2.15. The molecule has 0 spiro atoms. The highest BCUT2D eigenvalue weighted by Gasteiger charge is 2.24. The van der Waals surface area contributed by atoms with Crippen molar-refractivity contribution in [3.8, 4) is 11.1 Å². The average Bonchev–Trinajstić information content (AvgIpc) is 3.15. The molecule has 6 N–H and O–H groups in total. The third-order valence-corrected chi connectivity index (χ3v) is 4.49. The number of carboxylic acid groups (broad SMARTS) is 1. The van der Waals surface area contributed by atoms with Crippen molar-refractivity contribution in [2.24, 2.45) is 5.73 Å². The van der Waals surface area contributed by atoms with Gasteiger partial charge in [-0.05, 0) is 30.2 Å². The second kappa shape index (κ2) is 8.48. The number of H-pyrrole nitrogens is 1. The number of benzene rings is 2. The maximum atomic E-state index is 13.8. The van der Waals surface area contributed by atoms with Gasteiger partial charge in [0, 0.05) is 17.3 Å². The fourth-order valence-corrected chi connectivity index (χ4v) is 3.04. The van der Waals surface area contributed by atoms with Crippen molar-refractivity contribution in [2.45, 2.75) is 13.3 Å². The van der Waals surface area contributed by atoms with E-state index in [1.807, 2.05) is 6.92 Å². The Balaban J connectivity index is 2.05. The summed E-state index contributed by atoms with van der Waals surface area (Å²) in [6, 6.07) is 9.93. The van der Waals surface area contributed by atoms with Crippen molar-refractivity contribution in [3.63, 3.8) is 0 Å². The summed E-state index contributed by atoms with van der Waals surface area (Å²) in [5, 5.41) is 14.5. The maximum absolute atomic E-state index is 13.8. The van der Waals surface area contributed by atoms with Crippen LogP contribution in [0.1, 0.15) is 33.3 Å². The lowest BCUT2D eigenvalue weighted by molar-refractivity contribution is 0.0698. The van der Waals surface area contributed by atoms with Crippen molar-refractivity contribution in [1.29, 1.82) is 0 Å². The Morgan fingerprint density at radius 3 is 2.43 bits per heavy atom. The van der Waals surface area contributed by atoms with E-state index in [1.54, 1.807) is 24.3 Å². The molecule has 0 saturated carbocycles. The minimum Gasteiger partial charge on any atom is -0.478 e. The molecule has 0 saturated heterocycles. The Bertz CT molecular complexity index is 1110. The molecule has 8 nitrogen and oxygen atoms in total.